The minimum Gasteiger partial charge on any atom is -0.329 e. The lowest BCUT2D eigenvalue weighted by Crippen LogP contribution is -2.21. The number of nitrogens with zero attached hydrogens (tertiary/aromatic N) is 4. The van der Waals surface area contributed by atoms with Crippen molar-refractivity contribution in [2.75, 3.05) is 10.6 Å². The van der Waals surface area contributed by atoms with Crippen LogP contribution in [0, 0.1) is 39.3 Å². The summed E-state index contributed by atoms with van der Waals surface area (Å²) in [6, 6.07) is 11.0. The molecule has 0 atom stereocenters. The largest absolute Gasteiger partial charge is 0.329 e. The maximum Gasteiger partial charge on any atom is 0.175 e. The molecule has 2 aromatic carbocycles. The molecular formula is C25H25ClF2N6S. The van der Waals surface area contributed by atoms with Crippen molar-refractivity contribution in [2.45, 2.75) is 40.8 Å². The average molecular weight is 515 g/mol. The lowest BCUT2D eigenvalue weighted by atomic mass is 10.2. The van der Waals surface area contributed by atoms with E-state index in [0.717, 1.165) is 39.7 Å². The maximum atomic E-state index is 14.3. The first-order valence-corrected chi connectivity index (χ1v) is 11.8. The summed E-state index contributed by atoms with van der Waals surface area (Å²) in [5, 5.41) is 16.3. The van der Waals surface area contributed by atoms with Crippen molar-refractivity contribution < 1.29 is 8.78 Å². The third-order valence-electron chi connectivity index (χ3n) is 5.86. The van der Waals surface area contributed by atoms with Gasteiger partial charge in [0.1, 0.15) is 11.6 Å². The van der Waals surface area contributed by atoms with Crippen LogP contribution in [0.1, 0.15) is 33.9 Å². The smallest absolute Gasteiger partial charge is 0.175 e. The first-order valence-electron chi connectivity index (χ1n) is 11.0. The molecule has 6 nitrogen and oxygen atoms in total. The molecule has 2 heterocycles. The minimum atomic E-state index is -0.375. The molecule has 0 aliphatic heterocycles. The van der Waals surface area contributed by atoms with Gasteiger partial charge in [-0.05, 0) is 69.7 Å². The molecule has 4 rings (SSSR count). The fourth-order valence-electron chi connectivity index (χ4n) is 3.92. The van der Waals surface area contributed by atoms with Crippen LogP contribution in [0.4, 0.5) is 20.2 Å². The summed E-state index contributed by atoms with van der Waals surface area (Å²) in [5.74, 6) is -0.646. The lowest BCUT2D eigenvalue weighted by Gasteiger charge is -2.12. The van der Waals surface area contributed by atoms with Crippen LogP contribution in [0.2, 0.25) is 5.02 Å². The molecule has 0 saturated heterocycles. The van der Waals surface area contributed by atoms with E-state index in [1.165, 1.54) is 18.2 Å². The van der Waals surface area contributed by atoms with E-state index in [9.17, 15) is 8.78 Å². The Morgan fingerprint density at radius 1 is 0.857 bits per heavy atom. The summed E-state index contributed by atoms with van der Waals surface area (Å²) in [6.07, 6.45) is 0. The molecule has 2 aromatic heterocycles. The van der Waals surface area contributed by atoms with Gasteiger partial charge >= 0.3 is 0 Å². The highest BCUT2D eigenvalue weighted by molar-refractivity contribution is 7.80. The minimum absolute atomic E-state index is 0.203. The molecule has 0 aliphatic rings. The Hall–Kier alpha value is -3.30. The lowest BCUT2D eigenvalue weighted by molar-refractivity contribution is 0.579. The summed E-state index contributed by atoms with van der Waals surface area (Å²) in [5.41, 5.74) is 6.06. The zero-order valence-corrected chi connectivity index (χ0v) is 21.4. The fraction of sp³-hybridized carbons (Fsp3) is 0.240. The SMILES string of the molecule is Cc1nn(Cc2ccc(F)cc2)c(C)c1NC(=S)Nc1c(C)nn(Cc2c(F)cccc2Cl)c1C. The summed E-state index contributed by atoms with van der Waals surface area (Å²) in [6.45, 7) is 8.30. The van der Waals surface area contributed by atoms with E-state index >= 15 is 0 Å². The van der Waals surface area contributed by atoms with Crippen LogP contribution in [-0.4, -0.2) is 24.7 Å². The molecule has 4 aromatic rings. The van der Waals surface area contributed by atoms with E-state index in [4.69, 9.17) is 23.8 Å². The Balaban J connectivity index is 1.49. The van der Waals surface area contributed by atoms with Crippen molar-refractivity contribution in [2.24, 2.45) is 0 Å². The number of halogens is 3. The molecule has 10 heteroatoms. The molecule has 0 bridgehead atoms. The predicted octanol–water partition coefficient (Wildman–Crippen LogP) is 6.15. The zero-order chi connectivity index (χ0) is 25.3. The molecule has 0 aliphatic carbocycles. The van der Waals surface area contributed by atoms with E-state index in [1.54, 1.807) is 28.9 Å². The highest BCUT2D eigenvalue weighted by Crippen LogP contribution is 2.26. The topological polar surface area (TPSA) is 59.7 Å². The predicted molar refractivity (Wildman–Crippen MR) is 139 cm³/mol. The van der Waals surface area contributed by atoms with Crippen LogP contribution in [0.3, 0.4) is 0 Å². The van der Waals surface area contributed by atoms with Crippen LogP contribution < -0.4 is 10.6 Å². The average Bonchev–Trinajstić information content (AvgIpc) is 3.22. The van der Waals surface area contributed by atoms with Crippen molar-refractivity contribution in [3.05, 3.63) is 93.0 Å². The molecule has 35 heavy (non-hydrogen) atoms. The highest BCUT2D eigenvalue weighted by atomic mass is 35.5. The summed E-state index contributed by atoms with van der Waals surface area (Å²) < 4.78 is 31.0. The first kappa shape index (κ1) is 24.8. The Bertz CT molecular complexity index is 1370. The van der Waals surface area contributed by atoms with Crippen LogP contribution in [0.25, 0.3) is 0 Å². The number of aryl methyl sites for hydroxylation is 2. The van der Waals surface area contributed by atoms with E-state index < -0.39 is 0 Å². The van der Waals surface area contributed by atoms with Gasteiger partial charge in [-0.3, -0.25) is 9.36 Å². The summed E-state index contributed by atoms with van der Waals surface area (Å²) in [7, 11) is 0. The molecule has 0 spiro atoms. The number of hydrogen-bond donors (Lipinski definition) is 2. The number of hydrogen-bond acceptors (Lipinski definition) is 3. The molecule has 0 unspecified atom stereocenters. The van der Waals surface area contributed by atoms with E-state index in [-0.39, 0.29) is 18.2 Å². The zero-order valence-electron chi connectivity index (χ0n) is 19.8. The normalized spacial score (nSPS) is 11.1. The van der Waals surface area contributed by atoms with Gasteiger partial charge in [-0.15, -0.1) is 0 Å². The van der Waals surface area contributed by atoms with Crippen LogP contribution in [-0.2, 0) is 13.1 Å². The molecule has 0 fully saturated rings. The maximum absolute atomic E-state index is 14.3. The van der Waals surface area contributed by atoms with Gasteiger partial charge in [0.05, 0.1) is 47.2 Å². The molecule has 2 N–H and O–H groups in total. The van der Waals surface area contributed by atoms with Crippen molar-refractivity contribution in [1.29, 1.82) is 0 Å². The third kappa shape index (κ3) is 5.36. The highest BCUT2D eigenvalue weighted by Gasteiger charge is 2.18. The second-order valence-corrected chi connectivity index (χ2v) is 9.13. The quantitative estimate of drug-likeness (QED) is 0.302. The Morgan fingerprint density at radius 2 is 1.40 bits per heavy atom. The second-order valence-electron chi connectivity index (χ2n) is 8.31. The van der Waals surface area contributed by atoms with E-state index in [1.807, 2.05) is 32.4 Å². The number of aromatic nitrogens is 4. The van der Waals surface area contributed by atoms with Crippen LogP contribution in [0.15, 0.2) is 42.5 Å². The molecule has 0 amide bonds. The Labute approximate surface area is 212 Å². The number of nitrogens with one attached hydrogen (secondary N) is 2. The second kappa shape index (κ2) is 10.1. The van der Waals surface area contributed by atoms with E-state index in [0.29, 0.717) is 22.2 Å². The number of rotatable bonds is 6. The van der Waals surface area contributed by atoms with Crippen molar-refractivity contribution in [3.8, 4) is 0 Å². The summed E-state index contributed by atoms with van der Waals surface area (Å²) in [4.78, 5) is 0. The van der Waals surface area contributed by atoms with Gasteiger partial charge in [0.2, 0.25) is 0 Å². The van der Waals surface area contributed by atoms with Gasteiger partial charge in [-0.25, -0.2) is 8.78 Å². The number of benzene rings is 2. The van der Waals surface area contributed by atoms with Crippen molar-refractivity contribution >= 4 is 40.3 Å². The molecule has 0 saturated carbocycles. The first-order chi connectivity index (χ1) is 16.6. The van der Waals surface area contributed by atoms with Gasteiger partial charge in [0, 0.05) is 10.6 Å². The van der Waals surface area contributed by atoms with Gasteiger partial charge in [-0.1, -0.05) is 29.8 Å². The number of anilines is 2. The van der Waals surface area contributed by atoms with Crippen LogP contribution >= 0.6 is 23.8 Å². The third-order valence-corrected chi connectivity index (χ3v) is 6.41. The van der Waals surface area contributed by atoms with Gasteiger partial charge in [0.15, 0.2) is 5.11 Å². The summed E-state index contributed by atoms with van der Waals surface area (Å²) >= 11 is 11.8. The monoisotopic (exact) mass is 514 g/mol. The van der Waals surface area contributed by atoms with Crippen LogP contribution in [0.5, 0.6) is 0 Å². The Morgan fingerprint density at radius 3 is 1.94 bits per heavy atom. The van der Waals surface area contributed by atoms with E-state index in [2.05, 4.69) is 20.8 Å². The number of thiocarbonyl (C=S) groups is 1. The van der Waals surface area contributed by atoms with Crippen molar-refractivity contribution in [1.82, 2.24) is 19.6 Å². The molecule has 182 valence electrons. The molecular weight excluding hydrogens is 490 g/mol. The molecule has 0 radical (unpaired) electrons. The van der Waals surface area contributed by atoms with Gasteiger partial charge < -0.3 is 10.6 Å². The van der Waals surface area contributed by atoms with Gasteiger partial charge in [0.25, 0.3) is 0 Å². The van der Waals surface area contributed by atoms with Gasteiger partial charge in [-0.2, -0.15) is 10.2 Å². The Kier molecular flexibility index (Phi) is 7.18. The van der Waals surface area contributed by atoms with Crippen molar-refractivity contribution in [3.63, 3.8) is 0 Å². The fourth-order valence-corrected chi connectivity index (χ4v) is 4.34. The standard InChI is InChI=1S/C25H25ClF2N6S/c1-14-23(16(3)33(31-14)12-18-8-10-19(27)11-9-18)29-25(35)30-24-15(2)32-34(17(24)4)13-20-21(26)6-5-7-22(20)28/h5-11H,12-13H2,1-4H3,(H2,29,30,35).